The SMILES string of the molecule is CN1CCC(CCN2CCCNC(C(C)(C)C)C2)CC1. The Bertz CT molecular complexity index is 276. The number of hydrogen-bond acceptors (Lipinski definition) is 3. The molecule has 0 aliphatic carbocycles. The van der Waals surface area contributed by atoms with Crippen molar-refractivity contribution in [3.05, 3.63) is 0 Å². The van der Waals surface area contributed by atoms with Crippen molar-refractivity contribution in [2.24, 2.45) is 11.3 Å². The molecule has 0 spiro atoms. The second-order valence-corrected chi connectivity index (χ2v) is 8.06. The molecule has 2 heterocycles. The van der Waals surface area contributed by atoms with Crippen LogP contribution in [-0.4, -0.2) is 62.2 Å². The van der Waals surface area contributed by atoms with Crippen molar-refractivity contribution in [3.63, 3.8) is 0 Å². The summed E-state index contributed by atoms with van der Waals surface area (Å²) in [6, 6.07) is 0.641. The Morgan fingerprint density at radius 1 is 1.10 bits per heavy atom. The van der Waals surface area contributed by atoms with Gasteiger partial charge in [0, 0.05) is 12.6 Å². The Kier molecular flexibility index (Phi) is 5.88. The average molecular weight is 281 g/mol. The lowest BCUT2D eigenvalue weighted by Gasteiger charge is -2.35. The fraction of sp³-hybridized carbons (Fsp3) is 1.00. The van der Waals surface area contributed by atoms with E-state index >= 15 is 0 Å². The van der Waals surface area contributed by atoms with Crippen LogP contribution in [0.2, 0.25) is 0 Å². The summed E-state index contributed by atoms with van der Waals surface area (Å²) >= 11 is 0. The molecule has 0 amide bonds. The van der Waals surface area contributed by atoms with Crippen molar-refractivity contribution in [3.8, 4) is 0 Å². The van der Waals surface area contributed by atoms with Crippen molar-refractivity contribution >= 4 is 0 Å². The molecule has 2 aliphatic rings. The lowest BCUT2D eigenvalue weighted by Crippen LogP contribution is -2.46. The molecule has 2 aliphatic heterocycles. The predicted octanol–water partition coefficient (Wildman–Crippen LogP) is 2.43. The second kappa shape index (κ2) is 7.24. The van der Waals surface area contributed by atoms with Gasteiger partial charge in [-0.25, -0.2) is 0 Å². The van der Waals surface area contributed by atoms with Crippen LogP contribution in [-0.2, 0) is 0 Å². The van der Waals surface area contributed by atoms with Gasteiger partial charge in [-0.2, -0.15) is 0 Å². The van der Waals surface area contributed by atoms with Crippen LogP contribution in [0.15, 0.2) is 0 Å². The highest BCUT2D eigenvalue weighted by Gasteiger charge is 2.28. The van der Waals surface area contributed by atoms with E-state index in [4.69, 9.17) is 0 Å². The predicted molar refractivity (Wildman–Crippen MR) is 87.1 cm³/mol. The highest BCUT2D eigenvalue weighted by Crippen LogP contribution is 2.23. The summed E-state index contributed by atoms with van der Waals surface area (Å²) in [5.41, 5.74) is 0.371. The van der Waals surface area contributed by atoms with Crippen molar-refractivity contribution in [2.75, 3.05) is 46.3 Å². The zero-order chi connectivity index (χ0) is 14.6. The summed E-state index contributed by atoms with van der Waals surface area (Å²) in [5, 5.41) is 3.75. The molecule has 1 N–H and O–H groups in total. The summed E-state index contributed by atoms with van der Waals surface area (Å²) in [6.07, 6.45) is 5.53. The van der Waals surface area contributed by atoms with Crippen LogP contribution in [0.3, 0.4) is 0 Å². The number of likely N-dealkylation sites (tertiary alicyclic amines) is 1. The van der Waals surface area contributed by atoms with E-state index in [9.17, 15) is 0 Å². The number of hydrogen-bond donors (Lipinski definition) is 1. The summed E-state index contributed by atoms with van der Waals surface area (Å²) in [5.74, 6) is 0.968. The maximum absolute atomic E-state index is 3.75. The Hall–Kier alpha value is -0.120. The van der Waals surface area contributed by atoms with Crippen LogP contribution in [0.25, 0.3) is 0 Å². The van der Waals surface area contributed by atoms with Crippen LogP contribution in [0.4, 0.5) is 0 Å². The van der Waals surface area contributed by atoms with Crippen molar-refractivity contribution in [1.82, 2.24) is 15.1 Å². The Morgan fingerprint density at radius 2 is 1.80 bits per heavy atom. The molecule has 0 saturated carbocycles. The van der Waals surface area contributed by atoms with Crippen LogP contribution >= 0.6 is 0 Å². The summed E-state index contributed by atoms with van der Waals surface area (Å²) < 4.78 is 0. The van der Waals surface area contributed by atoms with Crippen molar-refractivity contribution < 1.29 is 0 Å². The molecule has 118 valence electrons. The topological polar surface area (TPSA) is 18.5 Å². The van der Waals surface area contributed by atoms with E-state index < -0.39 is 0 Å². The van der Waals surface area contributed by atoms with Crippen molar-refractivity contribution in [1.29, 1.82) is 0 Å². The molecule has 2 saturated heterocycles. The lowest BCUT2D eigenvalue weighted by atomic mass is 9.86. The van der Waals surface area contributed by atoms with Gasteiger partial charge in [-0.1, -0.05) is 20.8 Å². The normalized spacial score (nSPS) is 28.5. The van der Waals surface area contributed by atoms with E-state index in [2.05, 4.69) is 42.9 Å². The van der Waals surface area contributed by atoms with Gasteiger partial charge in [-0.15, -0.1) is 0 Å². The highest BCUT2D eigenvalue weighted by molar-refractivity contribution is 4.86. The molecule has 3 heteroatoms. The zero-order valence-electron chi connectivity index (χ0n) is 14.1. The first-order chi connectivity index (χ1) is 9.45. The van der Waals surface area contributed by atoms with Crippen molar-refractivity contribution in [2.45, 2.75) is 52.5 Å². The Balaban J connectivity index is 1.76. The van der Waals surface area contributed by atoms with Gasteiger partial charge in [0.1, 0.15) is 0 Å². The first kappa shape index (κ1) is 16.3. The number of piperidine rings is 1. The van der Waals surface area contributed by atoms with E-state index in [0.717, 1.165) is 5.92 Å². The molecule has 20 heavy (non-hydrogen) atoms. The molecular weight excluding hydrogens is 246 g/mol. The van der Waals surface area contributed by atoms with Crippen LogP contribution < -0.4 is 5.32 Å². The molecule has 2 fully saturated rings. The van der Waals surface area contributed by atoms with Gasteiger partial charge in [-0.05, 0) is 76.8 Å². The van der Waals surface area contributed by atoms with E-state index in [0.29, 0.717) is 11.5 Å². The van der Waals surface area contributed by atoms with Gasteiger partial charge in [-0.3, -0.25) is 0 Å². The van der Waals surface area contributed by atoms with Gasteiger partial charge >= 0.3 is 0 Å². The number of rotatable bonds is 3. The lowest BCUT2D eigenvalue weighted by molar-refractivity contribution is 0.166. The van der Waals surface area contributed by atoms with Gasteiger partial charge < -0.3 is 15.1 Å². The molecule has 1 unspecified atom stereocenters. The molecular formula is C17H35N3. The summed E-state index contributed by atoms with van der Waals surface area (Å²) in [7, 11) is 2.25. The molecule has 0 aromatic carbocycles. The van der Waals surface area contributed by atoms with Gasteiger partial charge in [0.15, 0.2) is 0 Å². The van der Waals surface area contributed by atoms with E-state index in [1.165, 1.54) is 65.0 Å². The molecule has 0 radical (unpaired) electrons. The van der Waals surface area contributed by atoms with Crippen LogP contribution in [0, 0.1) is 11.3 Å². The smallest absolute Gasteiger partial charge is 0.0243 e. The molecule has 0 bridgehead atoms. The first-order valence-electron chi connectivity index (χ1n) is 8.59. The largest absolute Gasteiger partial charge is 0.312 e. The maximum atomic E-state index is 3.75. The highest BCUT2D eigenvalue weighted by atomic mass is 15.2. The third-order valence-electron chi connectivity index (χ3n) is 5.22. The number of nitrogens with one attached hydrogen (secondary N) is 1. The third kappa shape index (κ3) is 5.01. The maximum Gasteiger partial charge on any atom is 0.0243 e. The molecule has 1 atom stereocenters. The summed E-state index contributed by atoms with van der Waals surface area (Å²) in [4.78, 5) is 5.19. The second-order valence-electron chi connectivity index (χ2n) is 8.06. The third-order valence-corrected chi connectivity index (χ3v) is 5.22. The fourth-order valence-electron chi connectivity index (χ4n) is 3.49. The van der Waals surface area contributed by atoms with Gasteiger partial charge in [0.25, 0.3) is 0 Å². The minimum Gasteiger partial charge on any atom is -0.312 e. The number of nitrogens with zero attached hydrogens (tertiary/aromatic N) is 2. The van der Waals surface area contributed by atoms with Gasteiger partial charge in [0.2, 0.25) is 0 Å². The molecule has 0 aromatic rings. The van der Waals surface area contributed by atoms with Crippen LogP contribution in [0.1, 0.15) is 46.5 Å². The van der Waals surface area contributed by atoms with E-state index in [1.807, 2.05) is 0 Å². The monoisotopic (exact) mass is 281 g/mol. The van der Waals surface area contributed by atoms with E-state index in [1.54, 1.807) is 0 Å². The van der Waals surface area contributed by atoms with E-state index in [-0.39, 0.29) is 0 Å². The average Bonchev–Trinajstić information content (AvgIpc) is 2.63. The first-order valence-corrected chi connectivity index (χ1v) is 8.59. The molecule has 0 aromatic heterocycles. The zero-order valence-corrected chi connectivity index (χ0v) is 14.1. The minimum atomic E-state index is 0.371. The minimum absolute atomic E-state index is 0.371. The molecule has 2 rings (SSSR count). The quantitative estimate of drug-likeness (QED) is 0.857. The Labute approximate surface area is 126 Å². The molecule has 3 nitrogen and oxygen atoms in total. The fourth-order valence-corrected chi connectivity index (χ4v) is 3.49. The standard InChI is InChI=1S/C17H35N3/c1-17(2,3)16-14-20(10-5-9-18-16)13-8-15-6-11-19(4)12-7-15/h15-16,18H,5-14H2,1-4H3. The Morgan fingerprint density at radius 3 is 2.45 bits per heavy atom. The van der Waals surface area contributed by atoms with Gasteiger partial charge in [0.05, 0.1) is 0 Å². The van der Waals surface area contributed by atoms with Crippen LogP contribution in [0.5, 0.6) is 0 Å². The summed E-state index contributed by atoms with van der Waals surface area (Å²) in [6.45, 7) is 14.7.